The first-order valence-electron chi connectivity index (χ1n) is 9.47. The highest BCUT2D eigenvalue weighted by Gasteiger charge is 2.23. The molecule has 0 radical (unpaired) electrons. The quantitative estimate of drug-likeness (QED) is 0.591. The molecule has 0 aliphatic carbocycles. The molecule has 6 nitrogen and oxygen atoms in total. The number of nitrogens with zero attached hydrogens (tertiary/aromatic N) is 3. The summed E-state index contributed by atoms with van der Waals surface area (Å²) in [5.74, 6) is 0.545. The van der Waals surface area contributed by atoms with E-state index >= 15 is 0 Å². The van der Waals surface area contributed by atoms with Gasteiger partial charge in [-0.3, -0.25) is 14.6 Å². The third kappa shape index (κ3) is 4.53. The molecule has 152 valence electrons. The Morgan fingerprint density at radius 3 is 2.83 bits per heavy atom. The van der Waals surface area contributed by atoms with Crippen LogP contribution in [0.2, 0.25) is 5.02 Å². The van der Waals surface area contributed by atoms with Crippen LogP contribution in [0, 0.1) is 0 Å². The highest BCUT2D eigenvalue weighted by Crippen LogP contribution is 2.33. The number of ether oxygens (including phenoxy) is 2. The van der Waals surface area contributed by atoms with E-state index in [1.54, 1.807) is 24.1 Å². The average Bonchev–Trinajstić information content (AvgIpc) is 3.20. The monoisotopic (exact) mass is 431 g/mol. The summed E-state index contributed by atoms with van der Waals surface area (Å²) in [4.78, 5) is 22.1. The third-order valence-electron chi connectivity index (χ3n) is 4.89. The van der Waals surface area contributed by atoms with Gasteiger partial charge >= 0.3 is 0 Å². The Kier molecular flexibility index (Phi) is 6.30. The molecule has 0 bridgehead atoms. The van der Waals surface area contributed by atoms with Gasteiger partial charge in [0.05, 0.1) is 30.0 Å². The Morgan fingerprint density at radius 1 is 1.28 bits per heavy atom. The molecule has 1 aliphatic heterocycles. The maximum absolute atomic E-state index is 13.4. The largest absolute Gasteiger partial charge is 0.497 e. The van der Waals surface area contributed by atoms with Crippen LogP contribution in [-0.2, 0) is 4.74 Å². The first kappa shape index (κ1) is 20.1. The highest BCUT2D eigenvalue weighted by molar-refractivity contribution is 7.22. The standard InChI is InChI=1S/C21H22ClN3O3S/c1-27-16-5-2-4-15(14-16)20(26)25(9-8-24-10-12-28-13-11-24)21-23-19-17(22)6-3-7-18(19)29-21/h2-7,14H,8-13H2,1H3. The zero-order valence-electron chi connectivity index (χ0n) is 16.1. The fourth-order valence-corrected chi connectivity index (χ4v) is 4.57. The molecule has 0 N–H and O–H groups in total. The number of fused-ring (bicyclic) bond motifs is 1. The first-order chi connectivity index (χ1) is 14.2. The minimum Gasteiger partial charge on any atom is -0.497 e. The number of thiazole rings is 1. The summed E-state index contributed by atoms with van der Waals surface area (Å²) in [5.41, 5.74) is 1.29. The van der Waals surface area contributed by atoms with E-state index in [1.807, 2.05) is 30.3 Å². The van der Waals surface area contributed by atoms with E-state index in [0.29, 0.717) is 28.0 Å². The van der Waals surface area contributed by atoms with Crippen LogP contribution in [0.25, 0.3) is 10.2 Å². The second-order valence-corrected chi connectivity index (χ2v) is 8.14. The van der Waals surface area contributed by atoms with Crippen molar-refractivity contribution in [3.05, 3.63) is 53.1 Å². The molecule has 1 amide bonds. The van der Waals surface area contributed by atoms with Crippen LogP contribution in [0.5, 0.6) is 5.75 Å². The van der Waals surface area contributed by atoms with Crippen molar-refractivity contribution in [2.45, 2.75) is 0 Å². The molecule has 2 heterocycles. The van der Waals surface area contributed by atoms with E-state index in [0.717, 1.165) is 43.1 Å². The summed E-state index contributed by atoms with van der Waals surface area (Å²) >= 11 is 7.79. The lowest BCUT2D eigenvalue weighted by molar-refractivity contribution is 0.0391. The maximum Gasteiger partial charge on any atom is 0.260 e. The molecule has 0 unspecified atom stereocenters. The number of benzene rings is 2. The Hall–Kier alpha value is -2.19. The number of rotatable bonds is 6. The molecule has 3 aromatic rings. The summed E-state index contributed by atoms with van der Waals surface area (Å²) in [6.07, 6.45) is 0. The molecule has 0 spiro atoms. The lowest BCUT2D eigenvalue weighted by Crippen LogP contribution is -2.43. The Balaban J connectivity index is 1.65. The zero-order valence-corrected chi connectivity index (χ0v) is 17.7. The number of hydrogen-bond acceptors (Lipinski definition) is 6. The van der Waals surface area contributed by atoms with Crippen LogP contribution < -0.4 is 9.64 Å². The SMILES string of the molecule is COc1cccc(C(=O)N(CCN2CCOCC2)c2nc3c(Cl)cccc3s2)c1. The number of morpholine rings is 1. The van der Waals surface area contributed by atoms with E-state index < -0.39 is 0 Å². The van der Waals surface area contributed by atoms with Crippen molar-refractivity contribution in [3.8, 4) is 5.75 Å². The predicted molar refractivity (Wildman–Crippen MR) is 117 cm³/mol. The van der Waals surface area contributed by atoms with Crippen LogP contribution >= 0.6 is 22.9 Å². The minimum absolute atomic E-state index is 0.104. The number of carbonyl (C=O) groups is 1. The van der Waals surface area contributed by atoms with Crippen LogP contribution in [0.15, 0.2) is 42.5 Å². The normalized spacial score (nSPS) is 14.8. The number of aromatic nitrogens is 1. The average molecular weight is 432 g/mol. The van der Waals surface area contributed by atoms with Crippen molar-refractivity contribution in [2.24, 2.45) is 0 Å². The van der Waals surface area contributed by atoms with E-state index in [-0.39, 0.29) is 5.91 Å². The van der Waals surface area contributed by atoms with Crippen molar-refractivity contribution in [1.29, 1.82) is 0 Å². The second kappa shape index (κ2) is 9.09. The molecule has 1 aliphatic rings. The summed E-state index contributed by atoms with van der Waals surface area (Å²) < 4.78 is 11.7. The molecule has 4 rings (SSSR count). The van der Waals surface area contributed by atoms with Crippen molar-refractivity contribution in [2.75, 3.05) is 51.4 Å². The van der Waals surface area contributed by atoms with Crippen LogP contribution in [0.3, 0.4) is 0 Å². The molecular formula is C21H22ClN3O3S. The molecule has 1 aromatic heterocycles. The van der Waals surface area contributed by atoms with Crippen LogP contribution in [0.4, 0.5) is 5.13 Å². The number of carbonyl (C=O) groups excluding carboxylic acids is 1. The van der Waals surface area contributed by atoms with Crippen molar-refractivity contribution >= 4 is 44.2 Å². The van der Waals surface area contributed by atoms with E-state index in [9.17, 15) is 4.79 Å². The summed E-state index contributed by atoms with van der Waals surface area (Å²) in [7, 11) is 1.59. The molecule has 1 fully saturated rings. The zero-order chi connectivity index (χ0) is 20.2. The van der Waals surface area contributed by atoms with Crippen LogP contribution in [-0.4, -0.2) is 62.3 Å². The van der Waals surface area contributed by atoms with Gasteiger partial charge in [-0.25, -0.2) is 4.98 Å². The van der Waals surface area contributed by atoms with Gasteiger partial charge in [0.15, 0.2) is 5.13 Å². The Bertz CT molecular complexity index is 1000. The summed E-state index contributed by atoms with van der Waals surface area (Å²) in [6, 6.07) is 12.9. The smallest absolute Gasteiger partial charge is 0.260 e. The van der Waals surface area contributed by atoms with E-state index in [4.69, 9.17) is 21.1 Å². The molecule has 0 atom stereocenters. The Labute approximate surface area is 178 Å². The lowest BCUT2D eigenvalue weighted by Gasteiger charge is -2.29. The van der Waals surface area contributed by atoms with Gasteiger partial charge in [0.25, 0.3) is 5.91 Å². The van der Waals surface area contributed by atoms with Gasteiger partial charge in [0.1, 0.15) is 11.3 Å². The van der Waals surface area contributed by atoms with Gasteiger partial charge in [-0.2, -0.15) is 0 Å². The fraction of sp³-hybridized carbons (Fsp3) is 0.333. The van der Waals surface area contributed by atoms with Gasteiger partial charge in [0, 0.05) is 31.7 Å². The highest BCUT2D eigenvalue weighted by atomic mass is 35.5. The number of para-hydroxylation sites is 1. The first-order valence-corrected chi connectivity index (χ1v) is 10.7. The number of halogens is 1. The molecule has 2 aromatic carbocycles. The van der Waals surface area contributed by atoms with Gasteiger partial charge in [-0.15, -0.1) is 0 Å². The lowest BCUT2D eigenvalue weighted by atomic mass is 10.2. The van der Waals surface area contributed by atoms with Crippen molar-refractivity contribution in [1.82, 2.24) is 9.88 Å². The van der Waals surface area contributed by atoms with Crippen molar-refractivity contribution in [3.63, 3.8) is 0 Å². The Morgan fingerprint density at radius 2 is 2.07 bits per heavy atom. The number of amides is 1. The van der Waals surface area contributed by atoms with Gasteiger partial charge in [0.2, 0.25) is 0 Å². The minimum atomic E-state index is -0.104. The summed E-state index contributed by atoms with van der Waals surface area (Å²) in [6.45, 7) is 4.47. The number of anilines is 1. The molecule has 0 saturated carbocycles. The second-order valence-electron chi connectivity index (χ2n) is 6.73. The van der Waals surface area contributed by atoms with Crippen molar-refractivity contribution < 1.29 is 14.3 Å². The van der Waals surface area contributed by atoms with E-state index in [2.05, 4.69) is 9.88 Å². The third-order valence-corrected chi connectivity index (χ3v) is 6.24. The van der Waals surface area contributed by atoms with Gasteiger partial charge in [-0.1, -0.05) is 35.1 Å². The summed E-state index contributed by atoms with van der Waals surface area (Å²) in [5, 5.41) is 1.24. The van der Waals surface area contributed by atoms with Gasteiger partial charge < -0.3 is 9.47 Å². The predicted octanol–water partition coefficient (Wildman–Crippen LogP) is 3.94. The van der Waals surface area contributed by atoms with Gasteiger partial charge in [-0.05, 0) is 30.3 Å². The molecule has 8 heteroatoms. The number of hydrogen-bond donors (Lipinski definition) is 0. The number of methoxy groups -OCH3 is 1. The fourth-order valence-electron chi connectivity index (χ4n) is 3.28. The maximum atomic E-state index is 13.4. The van der Waals surface area contributed by atoms with Crippen LogP contribution in [0.1, 0.15) is 10.4 Å². The molecular weight excluding hydrogens is 410 g/mol. The molecule has 1 saturated heterocycles. The topological polar surface area (TPSA) is 54.9 Å². The molecule has 29 heavy (non-hydrogen) atoms. The van der Waals surface area contributed by atoms with E-state index in [1.165, 1.54) is 11.3 Å².